The first-order valence-corrected chi connectivity index (χ1v) is 5.58. The number of rotatable bonds is 5. The predicted octanol–water partition coefficient (Wildman–Crippen LogP) is 1.03. The summed E-state index contributed by atoms with van der Waals surface area (Å²) in [5, 5.41) is 18.7. The molecule has 0 aliphatic rings. The molecule has 2 aromatic heterocycles. The minimum Gasteiger partial charge on any atom is -0.378 e. The molecule has 18 heavy (non-hydrogen) atoms. The van der Waals surface area contributed by atoms with Crippen LogP contribution in [-0.4, -0.2) is 24.5 Å². The highest BCUT2D eigenvalue weighted by Gasteiger charge is 2.17. The second-order valence-electron chi connectivity index (χ2n) is 3.94. The Balaban J connectivity index is 2.15. The van der Waals surface area contributed by atoms with E-state index in [-0.39, 0.29) is 11.5 Å². The van der Waals surface area contributed by atoms with Crippen LogP contribution in [-0.2, 0) is 13.1 Å². The number of anilines is 1. The molecule has 0 spiro atoms. The first-order chi connectivity index (χ1) is 8.61. The zero-order chi connectivity index (χ0) is 13.1. The normalized spacial score (nSPS) is 10.7. The molecule has 0 aliphatic heterocycles. The Morgan fingerprint density at radius 1 is 1.44 bits per heavy atom. The van der Waals surface area contributed by atoms with Crippen molar-refractivity contribution in [2.75, 3.05) is 5.73 Å². The third kappa shape index (κ3) is 2.31. The van der Waals surface area contributed by atoms with E-state index < -0.39 is 4.92 Å². The zero-order valence-electron chi connectivity index (χ0n) is 9.98. The third-order valence-electron chi connectivity index (χ3n) is 2.53. The summed E-state index contributed by atoms with van der Waals surface area (Å²) in [5.74, 6) is 0.0586. The van der Waals surface area contributed by atoms with E-state index in [1.807, 2.05) is 10.9 Å². The number of aryl methyl sites for hydroxylation is 1. The number of nitrogens with zero attached hydrogens (tertiary/aromatic N) is 5. The number of nitrogens with two attached hydrogens (primary N) is 1. The molecule has 96 valence electrons. The van der Waals surface area contributed by atoms with Crippen LogP contribution in [0, 0.1) is 10.1 Å². The van der Waals surface area contributed by atoms with Crippen molar-refractivity contribution in [3.05, 3.63) is 34.3 Å². The monoisotopic (exact) mass is 250 g/mol. The molecule has 0 amide bonds. The lowest BCUT2D eigenvalue weighted by molar-refractivity contribution is -0.384. The molecule has 0 unspecified atom stereocenters. The molecule has 0 atom stereocenters. The van der Waals surface area contributed by atoms with Gasteiger partial charge in [-0.3, -0.25) is 14.8 Å². The van der Waals surface area contributed by atoms with E-state index in [0.717, 1.165) is 24.7 Å². The summed E-state index contributed by atoms with van der Waals surface area (Å²) in [7, 11) is 0. The highest BCUT2D eigenvalue weighted by molar-refractivity contribution is 5.51. The van der Waals surface area contributed by atoms with Crippen molar-refractivity contribution in [3.8, 4) is 0 Å². The van der Waals surface area contributed by atoms with Crippen LogP contribution in [0.1, 0.15) is 18.9 Å². The molecule has 8 nitrogen and oxygen atoms in total. The molecule has 0 fully saturated rings. The Labute approximate surface area is 103 Å². The van der Waals surface area contributed by atoms with Gasteiger partial charge in [-0.15, -0.1) is 0 Å². The number of hydrogen-bond donors (Lipinski definition) is 1. The Kier molecular flexibility index (Phi) is 3.26. The number of nitro groups is 1. The van der Waals surface area contributed by atoms with Crippen LogP contribution in [0.25, 0.3) is 0 Å². The zero-order valence-corrected chi connectivity index (χ0v) is 9.98. The molecule has 0 aromatic carbocycles. The van der Waals surface area contributed by atoms with Crippen molar-refractivity contribution in [2.24, 2.45) is 0 Å². The molecule has 8 heteroatoms. The van der Waals surface area contributed by atoms with Gasteiger partial charge in [0, 0.05) is 18.3 Å². The molecule has 2 rings (SSSR count). The van der Waals surface area contributed by atoms with E-state index in [4.69, 9.17) is 5.73 Å². The summed E-state index contributed by atoms with van der Waals surface area (Å²) >= 11 is 0. The van der Waals surface area contributed by atoms with Crippen molar-refractivity contribution in [1.82, 2.24) is 19.6 Å². The van der Waals surface area contributed by atoms with Crippen molar-refractivity contribution >= 4 is 11.5 Å². The molecule has 0 saturated carbocycles. The van der Waals surface area contributed by atoms with E-state index in [0.29, 0.717) is 6.54 Å². The van der Waals surface area contributed by atoms with Crippen molar-refractivity contribution in [3.63, 3.8) is 0 Å². The maximum atomic E-state index is 10.6. The number of nitrogen functional groups attached to an aromatic ring is 1. The predicted molar refractivity (Wildman–Crippen MR) is 64.9 cm³/mol. The lowest BCUT2D eigenvalue weighted by Gasteiger charge is -2.00. The van der Waals surface area contributed by atoms with Gasteiger partial charge in [-0.05, 0) is 6.42 Å². The summed E-state index contributed by atoms with van der Waals surface area (Å²) in [6.07, 6.45) is 5.75. The van der Waals surface area contributed by atoms with Gasteiger partial charge in [0.2, 0.25) is 5.82 Å². The highest BCUT2D eigenvalue weighted by atomic mass is 16.6. The van der Waals surface area contributed by atoms with Crippen LogP contribution >= 0.6 is 0 Å². The average Bonchev–Trinajstić information content (AvgIpc) is 2.89. The van der Waals surface area contributed by atoms with Crippen molar-refractivity contribution in [2.45, 2.75) is 26.4 Å². The van der Waals surface area contributed by atoms with Gasteiger partial charge in [0.15, 0.2) is 0 Å². The standard InChI is InChI=1S/C10H14N6O2/c1-2-3-14-6-8(4-12-14)7-15-10(11)9(5-13-15)16(17)18/h4-6H,2-3,7,11H2,1H3. The van der Waals surface area contributed by atoms with Gasteiger partial charge in [0.1, 0.15) is 6.20 Å². The lowest BCUT2D eigenvalue weighted by atomic mass is 10.3. The average molecular weight is 250 g/mol. The Morgan fingerprint density at radius 2 is 2.22 bits per heavy atom. The Hall–Kier alpha value is -2.38. The van der Waals surface area contributed by atoms with Crippen molar-refractivity contribution < 1.29 is 4.92 Å². The summed E-state index contributed by atoms with van der Waals surface area (Å²) in [4.78, 5) is 10.1. The van der Waals surface area contributed by atoms with Crippen LogP contribution in [0.5, 0.6) is 0 Å². The lowest BCUT2D eigenvalue weighted by Crippen LogP contribution is -2.06. The second kappa shape index (κ2) is 4.86. The van der Waals surface area contributed by atoms with E-state index in [1.165, 1.54) is 4.68 Å². The number of aromatic nitrogens is 4. The molecule has 0 aliphatic carbocycles. The smallest absolute Gasteiger partial charge is 0.330 e. The van der Waals surface area contributed by atoms with E-state index in [2.05, 4.69) is 17.1 Å². The molecule has 0 bridgehead atoms. The summed E-state index contributed by atoms with van der Waals surface area (Å²) < 4.78 is 3.22. The largest absolute Gasteiger partial charge is 0.378 e. The van der Waals surface area contributed by atoms with Crippen molar-refractivity contribution in [1.29, 1.82) is 0 Å². The van der Waals surface area contributed by atoms with Gasteiger partial charge < -0.3 is 5.73 Å². The molecule has 0 saturated heterocycles. The minimum absolute atomic E-state index is 0.0586. The molecule has 2 aromatic rings. The summed E-state index contributed by atoms with van der Waals surface area (Å²) in [5.41, 5.74) is 6.39. The second-order valence-corrected chi connectivity index (χ2v) is 3.94. The van der Waals surface area contributed by atoms with Crippen LogP contribution < -0.4 is 5.73 Å². The summed E-state index contributed by atoms with van der Waals surface area (Å²) in [6.45, 7) is 3.29. The van der Waals surface area contributed by atoms with Crippen LogP contribution in [0.2, 0.25) is 0 Å². The minimum atomic E-state index is -0.542. The Morgan fingerprint density at radius 3 is 2.83 bits per heavy atom. The van der Waals surface area contributed by atoms with Gasteiger partial charge in [-0.1, -0.05) is 6.92 Å². The Bertz CT molecular complexity index is 558. The first kappa shape index (κ1) is 12.1. The van der Waals surface area contributed by atoms with Gasteiger partial charge in [-0.2, -0.15) is 10.2 Å². The van der Waals surface area contributed by atoms with E-state index in [9.17, 15) is 10.1 Å². The molecular formula is C10H14N6O2. The fourth-order valence-electron chi connectivity index (χ4n) is 1.66. The summed E-state index contributed by atoms with van der Waals surface area (Å²) in [6, 6.07) is 0. The molecule has 2 N–H and O–H groups in total. The SMILES string of the molecule is CCCn1cc(Cn2ncc([N+](=O)[O-])c2N)cn1. The van der Waals surface area contributed by atoms with Crippen LogP contribution in [0.15, 0.2) is 18.6 Å². The van der Waals surface area contributed by atoms with Gasteiger partial charge in [-0.25, -0.2) is 4.68 Å². The third-order valence-corrected chi connectivity index (χ3v) is 2.53. The van der Waals surface area contributed by atoms with Crippen LogP contribution in [0.3, 0.4) is 0 Å². The van der Waals surface area contributed by atoms with Gasteiger partial charge in [0.25, 0.3) is 0 Å². The molecule has 0 radical (unpaired) electrons. The highest BCUT2D eigenvalue weighted by Crippen LogP contribution is 2.20. The van der Waals surface area contributed by atoms with Gasteiger partial charge >= 0.3 is 5.69 Å². The maximum absolute atomic E-state index is 10.6. The quantitative estimate of drug-likeness (QED) is 0.630. The van der Waals surface area contributed by atoms with Gasteiger partial charge in [0.05, 0.1) is 17.7 Å². The topological polar surface area (TPSA) is 105 Å². The fourth-order valence-corrected chi connectivity index (χ4v) is 1.66. The van der Waals surface area contributed by atoms with E-state index in [1.54, 1.807) is 6.20 Å². The molecule has 2 heterocycles. The fraction of sp³-hybridized carbons (Fsp3) is 0.400. The number of hydrogen-bond acceptors (Lipinski definition) is 5. The first-order valence-electron chi connectivity index (χ1n) is 5.58. The molecular weight excluding hydrogens is 236 g/mol. The van der Waals surface area contributed by atoms with Crippen LogP contribution in [0.4, 0.5) is 11.5 Å². The van der Waals surface area contributed by atoms with E-state index >= 15 is 0 Å². The maximum Gasteiger partial charge on any atom is 0.330 e.